The van der Waals surface area contributed by atoms with Gasteiger partial charge in [0.15, 0.2) is 0 Å². The Morgan fingerprint density at radius 3 is 1.38 bits per heavy atom. The summed E-state index contributed by atoms with van der Waals surface area (Å²) in [6.07, 6.45) is 15.3. The molecule has 0 aliphatic rings. The van der Waals surface area contributed by atoms with Crippen LogP contribution in [0.4, 0.5) is 0 Å². The van der Waals surface area contributed by atoms with E-state index in [2.05, 4.69) is 57.8 Å². The highest BCUT2D eigenvalue weighted by Crippen LogP contribution is 2.51. The maximum atomic E-state index is 6.42. The zero-order chi connectivity index (χ0) is 22.8. The molecular weight excluding hydrogens is 568 g/mol. The summed E-state index contributed by atoms with van der Waals surface area (Å²) >= 11 is 10.9. The molecule has 0 aliphatic heterocycles. The van der Waals surface area contributed by atoms with Gasteiger partial charge in [0.2, 0.25) is 0 Å². The normalized spacial score (nSPS) is 11.6. The van der Waals surface area contributed by atoms with E-state index in [1.807, 2.05) is 0 Å². The fourth-order valence-corrected chi connectivity index (χ4v) is 7.26. The van der Waals surface area contributed by atoms with Crippen LogP contribution in [0.25, 0.3) is 20.2 Å². The smallest absolute Gasteiger partial charge is 0.146 e. The van der Waals surface area contributed by atoms with Crippen molar-refractivity contribution in [2.45, 2.75) is 90.9 Å². The van der Waals surface area contributed by atoms with Gasteiger partial charge in [0.1, 0.15) is 11.5 Å². The average molecular weight is 605 g/mol. The molecule has 1 aromatic carbocycles. The standard InChI is InChI=1S/C26H36Br2O2S2/c1-3-5-7-9-11-13-15-29-23-19-17-21(27)32-26(19)24(20-18-22(28)31-25(20)23)30-16-14-12-10-8-6-4-2/h17-18H,3-16H2,1-2H3. The van der Waals surface area contributed by atoms with Crippen LogP contribution in [0, 0.1) is 0 Å². The van der Waals surface area contributed by atoms with Gasteiger partial charge in [-0.25, -0.2) is 0 Å². The predicted octanol–water partition coefficient (Wildman–Crippen LogP) is 11.1. The minimum absolute atomic E-state index is 0.775. The second-order valence-corrected chi connectivity index (χ2v) is 13.3. The molecule has 0 N–H and O–H groups in total. The van der Waals surface area contributed by atoms with Crippen molar-refractivity contribution < 1.29 is 9.47 Å². The lowest BCUT2D eigenvalue weighted by molar-refractivity contribution is 0.307. The summed E-state index contributed by atoms with van der Waals surface area (Å²) in [6, 6.07) is 4.39. The van der Waals surface area contributed by atoms with Crippen LogP contribution in [0.5, 0.6) is 11.5 Å². The molecule has 0 radical (unpaired) electrons. The van der Waals surface area contributed by atoms with Crippen molar-refractivity contribution in [3.8, 4) is 11.5 Å². The Balaban J connectivity index is 1.72. The van der Waals surface area contributed by atoms with Gasteiger partial charge in [0.05, 0.1) is 30.2 Å². The Labute approximate surface area is 218 Å². The van der Waals surface area contributed by atoms with E-state index in [1.165, 1.54) is 84.4 Å². The summed E-state index contributed by atoms with van der Waals surface area (Å²) in [5, 5.41) is 2.35. The maximum Gasteiger partial charge on any atom is 0.146 e. The Bertz CT molecular complexity index is 833. The fourth-order valence-electron chi connectivity index (χ4n) is 4.04. The molecule has 2 nitrogen and oxygen atoms in total. The summed E-state index contributed by atoms with van der Waals surface area (Å²) in [7, 11) is 0. The van der Waals surface area contributed by atoms with Crippen LogP contribution in [-0.2, 0) is 0 Å². The minimum Gasteiger partial charge on any atom is -0.491 e. The number of rotatable bonds is 16. The second-order valence-electron chi connectivity index (χ2n) is 8.48. The number of unbranched alkanes of at least 4 members (excludes halogenated alkanes) is 10. The van der Waals surface area contributed by atoms with E-state index in [9.17, 15) is 0 Å². The minimum atomic E-state index is 0.775. The average Bonchev–Trinajstić information content (AvgIpc) is 3.35. The van der Waals surface area contributed by atoms with E-state index in [1.54, 1.807) is 22.7 Å². The largest absolute Gasteiger partial charge is 0.491 e. The highest BCUT2D eigenvalue weighted by Gasteiger charge is 2.21. The molecule has 32 heavy (non-hydrogen) atoms. The SMILES string of the molecule is CCCCCCCCOc1c2cc(Br)sc2c(OCCCCCCCC)c2cc(Br)sc12. The van der Waals surface area contributed by atoms with Gasteiger partial charge in [0.25, 0.3) is 0 Å². The van der Waals surface area contributed by atoms with E-state index in [0.717, 1.165) is 45.1 Å². The van der Waals surface area contributed by atoms with Crippen LogP contribution >= 0.6 is 54.5 Å². The van der Waals surface area contributed by atoms with Gasteiger partial charge in [-0.2, -0.15) is 0 Å². The quantitative estimate of drug-likeness (QED) is 0.152. The fraction of sp³-hybridized carbons (Fsp3) is 0.615. The van der Waals surface area contributed by atoms with Crippen LogP contribution in [0.3, 0.4) is 0 Å². The number of halogens is 2. The third kappa shape index (κ3) is 7.35. The van der Waals surface area contributed by atoms with Gasteiger partial charge in [-0.1, -0.05) is 78.1 Å². The maximum absolute atomic E-state index is 6.42. The predicted molar refractivity (Wildman–Crippen MR) is 150 cm³/mol. The van der Waals surface area contributed by atoms with Crippen molar-refractivity contribution >= 4 is 74.7 Å². The molecule has 3 rings (SSSR count). The van der Waals surface area contributed by atoms with Gasteiger partial charge in [0, 0.05) is 10.8 Å². The Morgan fingerprint density at radius 2 is 0.969 bits per heavy atom. The van der Waals surface area contributed by atoms with E-state index in [0.29, 0.717) is 0 Å². The molecule has 0 saturated heterocycles. The molecule has 0 amide bonds. The van der Waals surface area contributed by atoms with Crippen LogP contribution in [-0.4, -0.2) is 13.2 Å². The monoisotopic (exact) mass is 602 g/mol. The lowest BCUT2D eigenvalue weighted by Gasteiger charge is -2.14. The number of ether oxygens (including phenoxy) is 2. The van der Waals surface area contributed by atoms with Crippen molar-refractivity contribution in [2.75, 3.05) is 13.2 Å². The van der Waals surface area contributed by atoms with Gasteiger partial charge in [-0.05, 0) is 56.8 Å². The first kappa shape index (κ1) is 26.3. The second kappa shape index (κ2) is 14.2. The van der Waals surface area contributed by atoms with Crippen molar-refractivity contribution in [3.63, 3.8) is 0 Å². The lowest BCUT2D eigenvalue weighted by Crippen LogP contribution is -2.00. The van der Waals surface area contributed by atoms with Gasteiger partial charge in [-0.15, -0.1) is 22.7 Å². The van der Waals surface area contributed by atoms with Crippen LogP contribution in [0.1, 0.15) is 90.9 Å². The summed E-state index contributed by atoms with van der Waals surface area (Å²) in [6.45, 7) is 6.08. The molecule has 178 valence electrons. The number of thiophene rings is 2. The molecule has 2 heterocycles. The molecule has 3 aromatic rings. The first-order chi connectivity index (χ1) is 15.7. The van der Waals surface area contributed by atoms with E-state index in [4.69, 9.17) is 9.47 Å². The molecule has 0 bridgehead atoms. The van der Waals surface area contributed by atoms with Gasteiger partial charge in [-0.3, -0.25) is 0 Å². The zero-order valence-electron chi connectivity index (χ0n) is 19.4. The Hall–Kier alpha value is -0.300. The molecule has 0 atom stereocenters. The summed E-state index contributed by atoms with van der Waals surface area (Å²) in [5.74, 6) is 2.04. The molecule has 2 aromatic heterocycles. The van der Waals surface area contributed by atoms with E-state index in [-0.39, 0.29) is 0 Å². The van der Waals surface area contributed by atoms with Crippen LogP contribution in [0.15, 0.2) is 19.7 Å². The molecule has 0 aliphatic carbocycles. The molecule has 0 fully saturated rings. The third-order valence-corrected chi connectivity index (χ3v) is 9.07. The van der Waals surface area contributed by atoms with E-state index >= 15 is 0 Å². The highest BCUT2D eigenvalue weighted by molar-refractivity contribution is 9.11. The van der Waals surface area contributed by atoms with Crippen molar-refractivity contribution in [2.24, 2.45) is 0 Å². The first-order valence-corrected chi connectivity index (χ1v) is 15.5. The first-order valence-electron chi connectivity index (χ1n) is 12.2. The molecule has 0 unspecified atom stereocenters. The molecule has 6 heteroatoms. The topological polar surface area (TPSA) is 18.5 Å². The number of fused-ring (bicyclic) bond motifs is 2. The molecule has 0 spiro atoms. The van der Waals surface area contributed by atoms with Crippen LogP contribution in [0.2, 0.25) is 0 Å². The van der Waals surface area contributed by atoms with E-state index < -0.39 is 0 Å². The summed E-state index contributed by atoms with van der Waals surface area (Å²) in [4.78, 5) is 0. The summed E-state index contributed by atoms with van der Waals surface area (Å²) in [5.41, 5.74) is 0. The van der Waals surface area contributed by atoms with Gasteiger partial charge >= 0.3 is 0 Å². The summed E-state index contributed by atoms with van der Waals surface area (Å²) < 4.78 is 17.5. The van der Waals surface area contributed by atoms with Gasteiger partial charge < -0.3 is 9.47 Å². The van der Waals surface area contributed by atoms with Crippen LogP contribution < -0.4 is 9.47 Å². The Morgan fingerprint density at radius 1 is 0.594 bits per heavy atom. The van der Waals surface area contributed by atoms with Crippen molar-refractivity contribution in [1.82, 2.24) is 0 Å². The Kier molecular flexibility index (Phi) is 11.7. The lowest BCUT2D eigenvalue weighted by atomic mass is 10.1. The number of hydrogen-bond acceptors (Lipinski definition) is 4. The highest BCUT2D eigenvalue weighted by atomic mass is 79.9. The van der Waals surface area contributed by atoms with Crippen molar-refractivity contribution in [3.05, 3.63) is 19.7 Å². The third-order valence-electron chi connectivity index (χ3n) is 5.79. The number of benzene rings is 1. The zero-order valence-corrected chi connectivity index (χ0v) is 24.2. The van der Waals surface area contributed by atoms with Crippen molar-refractivity contribution in [1.29, 1.82) is 0 Å². The number of hydrogen-bond donors (Lipinski definition) is 0. The molecule has 0 saturated carbocycles. The molecular formula is C26H36Br2O2S2.